The molecule has 1 heterocycles. The van der Waals surface area contributed by atoms with E-state index < -0.39 is 0 Å². The summed E-state index contributed by atoms with van der Waals surface area (Å²) in [5.41, 5.74) is 0. The van der Waals surface area contributed by atoms with Crippen molar-refractivity contribution in [2.24, 2.45) is 0 Å². The number of hydrogen-bond donors (Lipinski definition) is 0. The Bertz CT molecular complexity index is 75.6. The van der Waals surface area contributed by atoms with E-state index in [4.69, 9.17) is 0 Å². The van der Waals surface area contributed by atoms with Gasteiger partial charge in [0.25, 0.3) is 0 Å². The molecule has 1 fully saturated rings. The van der Waals surface area contributed by atoms with Crippen LogP contribution >= 0.6 is 0 Å². The third-order valence-electron chi connectivity index (χ3n) is 0.994. The smallest absolute Gasteiger partial charge is 0.124 e. The van der Waals surface area contributed by atoms with E-state index in [2.05, 4.69) is 0 Å². The van der Waals surface area contributed by atoms with Gasteiger partial charge in [-0.05, 0) is 12.7 Å². The summed E-state index contributed by atoms with van der Waals surface area (Å²) in [4.78, 5) is 10.2. The molecule has 1 nitrogen and oxygen atoms in total. The van der Waals surface area contributed by atoms with Crippen molar-refractivity contribution >= 4 is 13.1 Å². The number of hydrogen-bond acceptors (Lipinski definition) is 1. The second kappa shape index (κ2) is 1.10. The van der Waals surface area contributed by atoms with E-state index in [1.165, 1.54) is 0 Å². The van der Waals surface area contributed by atoms with Crippen LogP contribution in [0.3, 0.4) is 0 Å². The highest BCUT2D eigenvalue weighted by Gasteiger charge is 2.26. The first-order chi connectivity index (χ1) is 2.80. The number of Topliss-reactive ketones (excluding diaryl/α,β-unsaturated/α-hetero) is 1. The van der Waals surface area contributed by atoms with Crippen LogP contribution in [0.2, 0.25) is 12.1 Å². The van der Waals surface area contributed by atoms with Crippen molar-refractivity contribution in [1.29, 1.82) is 0 Å². The van der Waals surface area contributed by atoms with Gasteiger partial charge in [-0.1, -0.05) is 6.32 Å². The Morgan fingerprint density at radius 2 is 2.50 bits per heavy atom. The zero-order chi connectivity index (χ0) is 4.57. The molecule has 1 radical (unpaired) electrons. The predicted octanol–water partition coefficient (Wildman–Crippen LogP) is 0.500. The third-order valence-corrected chi connectivity index (χ3v) is 0.994. The number of carbonyl (C=O) groups is 1. The molecule has 0 aromatic carbocycles. The maximum absolute atomic E-state index is 10.2. The molecular weight excluding hydrogens is 74.9 g/mol. The van der Waals surface area contributed by atoms with E-state index in [-0.39, 0.29) is 0 Å². The summed E-state index contributed by atoms with van der Waals surface area (Å²) in [5.74, 6) is 0.653. The summed E-state index contributed by atoms with van der Waals surface area (Å²) in [6.45, 7) is 1.63. The molecule has 0 aromatic rings. The van der Waals surface area contributed by atoms with Crippen LogP contribution in [0, 0.1) is 0 Å². The van der Waals surface area contributed by atoms with Crippen molar-refractivity contribution in [3.63, 3.8) is 0 Å². The molecular formula is C4H6BO. The van der Waals surface area contributed by atoms with E-state index in [0.29, 0.717) is 11.6 Å². The normalized spacial score (nSPS) is 28.5. The molecule has 0 N–H and O–H groups in total. The molecule has 1 aliphatic heterocycles. The summed E-state index contributed by atoms with van der Waals surface area (Å²) < 4.78 is 0. The van der Waals surface area contributed by atoms with Gasteiger partial charge in [-0.2, -0.15) is 0 Å². The fourth-order valence-electron chi connectivity index (χ4n) is 0.400. The lowest BCUT2D eigenvalue weighted by Crippen LogP contribution is -1.84. The van der Waals surface area contributed by atoms with Gasteiger partial charge in [0, 0.05) is 0 Å². The fraction of sp³-hybridized carbons (Fsp3) is 0.750. The average Bonchev–Trinajstić information content (AvgIpc) is 2.06. The number of ketones is 1. The van der Waals surface area contributed by atoms with Gasteiger partial charge in [0.2, 0.25) is 0 Å². The molecule has 1 aliphatic rings. The lowest BCUT2D eigenvalue weighted by atomic mass is 10.0. The minimum absolute atomic E-state index is 0.315. The molecule has 0 spiro atoms. The van der Waals surface area contributed by atoms with Gasteiger partial charge in [-0.15, -0.1) is 0 Å². The Morgan fingerprint density at radius 3 is 2.50 bits per heavy atom. The Balaban J connectivity index is 2.31. The van der Waals surface area contributed by atoms with Crippen molar-refractivity contribution in [2.45, 2.75) is 19.1 Å². The third kappa shape index (κ3) is 0.616. The maximum Gasteiger partial charge on any atom is 0.124 e. The topological polar surface area (TPSA) is 17.1 Å². The molecule has 1 saturated heterocycles. The Labute approximate surface area is 38.0 Å². The van der Waals surface area contributed by atoms with Crippen LogP contribution in [0.25, 0.3) is 0 Å². The van der Waals surface area contributed by atoms with Crippen molar-refractivity contribution in [3.8, 4) is 0 Å². The number of rotatable bonds is 1. The van der Waals surface area contributed by atoms with Gasteiger partial charge in [-0.25, -0.2) is 0 Å². The van der Waals surface area contributed by atoms with Crippen LogP contribution in [0.15, 0.2) is 0 Å². The summed E-state index contributed by atoms with van der Waals surface area (Å²) in [7, 11) is 2.02. The monoisotopic (exact) mass is 81.1 g/mol. The van der Waals surface area contributed by atoms with E-state index in [0.717, 1.165) is 6.32 Å². The highest BCUT2D eigenvalue weighted by molar-refractivity contribution is 6.57. The Kier molecular flexibility index (Phi) is 0.719. The van der Waals surface area contributed by atoms with Gasteiger partial charge in [0.05, 0.1) is 0 Å². The van der Waals surface area contributed by atoms with Crippen LogP contribution in [-0.4, -0.2) is 13.1 Å². The van der Waals surface area contributed by atoms with Crippen molar-refractivity contribution in [1.82, 2.24) is 0 Å². The zero-order valence-electron chi connectivity index (χ0n) is 3.77. The molecule has 31 valence electrons. The highest BCUT2D eigenvalue weighted by Crippen LogP contribution is 2.27. The minimum atomic E-state index is 0.315. The van der Waals surface area contributed by atoms with Crippen molar-refractivity contribution in [2.75, 3.05) is 0 Å². The SMILES string of the molecule is CC(=O)[C@@H]1[B]C1. The first-order valence-electron chi connectivity index (χ1n) is 2.14. The number of carbonyl (C=O) groups excluding carboxylic acids is 1. The summed E-state index contributed by atoms with van der Waals surface area (Å²) in [6.07, 6.45) is 1.02. The van der Waals surface area contributed by atoms with Crippen molar-refractivity contribution < 1.29 is 4.79 Å². The molecule has 1 rings (SSSR count). The molecule has 0 aliphatic carbocycles. The molecule has 1 atom stereocenters. The lowest BCUT2D eigenvalue weighted by Gasteiger charge is -1.76. The van der Waals surface area contributed by atoms with E-state index in [9.17, 15) is 4.79 Å². The summed E-state index contributed by atoms with van der Waals surface area (Å²) in [5, 5.41) is 0. The average molecular weight is 80.9 g/mol. The van der Waals surface area contributed by atoms with Crippen LogP contribution in [0.1, 0.15) is 6.92 Å². The largest absolute Gasteiger partial charge is 0.301 e. The van der Waals surface area contributed by atoms with E-state index in [1.807, 2.05) is 7.28 Å². The standard InChI is InChI=1S/C4H6BO/c1-3(6)4-2-5-4/h4H,2H2,1H3/t4-/m1/s1. The van der Waals surface area contributed by atoms with Crippen LogP contribution < -0.4 is 0 Å². The first kappa shape index (κ1) is 3.91. The van der Waals surface area contributed by atoms with Crippen molar-refractivity contribution in [3.05, 3.63) is 0 Å². The first-order valence-corrected chi connectivity index (χ1v) is 2.14. The summed E-state index contributed by atoms with van der Waals surface area (Å²) in [6, 6.07) is 0. The van der Waals surface area contributed by atoms with Gasteiger partial charge in [0.15, 0.2) is 0 Å². The second-order valence-corrected chi connectivity index (χ2v) is 1.69. The molecule has 0 amide bonds. The Morgan fingerprint density at radius 1 is 2.00 bits per heavy atom. The van der Waals surface area contributed by atoms with Crippen LogP contribution in [0.4, 0.5) is 0 Å². The molecule has 0 saturated carbocycles. The molecule has 0 unspecified atom stereocenters. The van der Waals surface area contributed by atoms with Crippen LogP contribution in [-0.2, 0) is 4.79 Å². The van der Waals surface area contributed by atoms with Crippen LogP contribution in [0.5, 0.6) is 0 Å². The molecule has 0 bridgehead atoms. The predicted molar refractivity (Wildman–Crippen MR) is 25.0 cm³/mol. The lowest BCUT2D eigenvalue weighted by molar-refractivity contribution is -0.116. The Hall–Kier alpha value is -0.265. The van der Waals surface area contributed by atoms with E-state index >= 15 is 0 Å². The molecule has 6 heavy (non-hydrogen) atoms. The minimum Gasteiger partial charge on any atom is -0.301 e. The van der Waals surface area contributed by atoms with Gasteiger partial charge in [0.1, 0.15) is 13.1 Å². The highest BCUT2D eigenvalue weighted by atomic mass is 16.1. The van der Waals surface area contributed by atoms with Gasteiger partial charge in [-0.3, -0.25) is 0 Å². The van der Waals surface area contributed by atoms with Gasteiger partial charge < -0.3 is 4.79 Å². The maximum atomic E-state index is 10.2. The summed E-state index contributed by atoms with van der Waals surface area (Å²) >= 11 is 0. The fourth-order valence-corrected chi connectivity index (χ4v) is 0.400. The van der Waals surface area contributed by atoms with Gasteiger partial charge >= 0.3 is 0 Å². The quantitative estimate of drug-likeness (QED) is 0.420. The zero-order valence-corrected chi connectivity index (χ0v) is 3.77. The van der Waals surface area contributed by atoms with E-state index in [1.54, 1.807) is 6.92 Å². The molecule has 0 aromatic heterocycles. The second-order valence-electron chi connectivity index (χ2n) is 1.69. The molecule has 2 heteroatoms.